The van der Waals surface area contributed by atoms with Gasteiger partial charge in [0.25, 0.3) is 0 Å². The lowest BCUT2D eigenvalue weighted by Crippen LogP contribution is -2.07. The minimum absolute atomic E-state index is 0.0588. The summed E-state index contributed by atoms with van der Waals surface area (Å²) in [4.78, 5) is 14.7. The lowest BCUT2D eigenvalue weighted by atomic mass is 9.91. The van der Waals surface area contributed by atoms with Crippen LogP contribution < -0.4 is 0 Å². The molecule has 2 aromatic heterocycles. The fourth-order valence-electron chi connectivity index (χ4n) is 9.58. The summed E-state index contributed by atoms with van der Waals surface area (Å²) in [7, 11) is 0. The average Bonchev–Trinajstić information content (AvgIpc) is 4.07. The Labute approximate surface area is 435 Å². The molecule has 0 aliphatic rings. The fourth-order valence-corrected chi connectivity index (χ4v) is 9.58. The molecule has 0 saturated carbocycles. The highest BCUT2D eigenvalue weighted by molar-refractivity contribution is 6.13. The lowest BCUT2D eigenvalue weighted by molar-refractivity contribution is -0.138. The molecule has 366 valence electrons. The first-order valence-electron chi connectivity index (χ1n) is 23.6. The van der Waals surface area contributed by atoms with Crippen LogP contribution in [0.5, 0.6) is 0 Å². The van der Waals surface area contributed by atoms with Crippen LogP contribution in [0.4, 0.5) is 26.3 Å². The molecule has 2 heterocycles. The van der Waals surface area contributed by atoms with Crippen LogP contribution >= 0.6 is 0 Å². The molecule has 9 aromatic carbocycles. The Bertz CT molecular complexity index is 4030. The molecule has 0 saturated heterocycles. The van der Waals surface area contributed by atoms with Crippen molar-refractivity contribution in [3.8, 4) is 109 Å². The molecule has 0 atom stereocenters. The van der Waals surface area contributed by atoms with E-state index in [1.54, 1.807) is 65.2 Å². The van der Waals surface area contributed by atoms with Crippen LogP contribution in [-0.4, -0.2) is 19.5 Å². The van der Waals surface area contributed by atoms with Crippen molar-refractivity contribution in [3.63, 3.8) is 0 Å². The molecule has 77 heavy (non-hydrogen) atoms. The molecular weight excluding hydrogens is 983 g/mol. The van der Waals surface area contributed by atoms with Gasteiger partial charge in [-0.2, -0.15) is 47.4 Å². The Morgan fingerprint density at radius 1 is 0.325 bits per heavy atom. The molecule has 0 fully saturated rings. The maximum absolute atomic E-state index is 14.9. The Balaban J connectivity index is 1.30. The first-order valence-corrected chi connectivity index (χ1v) is 23.6. The molecule has 14 heteroatoms. The zero-order valence-electron chi connectivity index (χ0n) is 39.8. The summed E-state index contributed by atoms with van der Waals surface area (Å²) in [6, 6.07) is 59.4. The third kappa shape index (κ3) is 9.36. The molecule has 0 radical (unpaired) electrons. The van der Waals surface area contributed by atoms with Crippen LogP contribution in [-0.2, 0) is 12.4 Å². The molecule has 0 bridgehead atoms. The third-order valence-corrected chi connectivity index (χ3v) is 13.1. The molecule has 0 aliphatic carbocycles. The number of halogens is 6. The standard InChI is InChI=1S/C63H32F6N8/c64-62(65,66)50-15-7-13-45(27-50)52-31-49(61-75-59(41-9-3-1-4-10-41)74-60(76-61)42-11-5-2-6-12-42)32-53(46-14-8-16-51(28-46)63(67,68)69)58(52)77-56-19-17-43(47-23-37(33-70)21-38(24-47)34-71)29-54(56)55-30-44(18-20-57(55)77)48-25-39(35-72)22-40(26-48)36-73/h1-32H. The van der Waals surface area contributed by atoms with E-state index in [4.69, 9.17) is 15.0 Å². The van der Waals surface area contributed by atoms with Crippen LogP contribution in [0.25, 0.3) is 106 Å². The zero-order valence-corrected chi connectivity index (χ0v) is 39.8. The molecule has 0 aliphatic heterocycles. The number of fused-ring (bicyclic) bond motifs is 3. The summed E-state index contributed by atoms with van der Waals surface area (Å²) in [6.07, 6.45) is -9.60. The smallest absolute Gasteiger partial charge is 0.308 e. The normalized spacial score (nSPS) is 11.5. The predicted molar refractivity (Wildman–Crippen MR) is 281 cm³/mol. The Hall–Kier alpha value is -10.7. The number of rotatable bonds is 8. The van der Waals surface area contributed by atoms with Crippen molar-refractivity contribution >= 4 is 21.8 Å². The van der Waals surface area contributed by atoms with Crippen molar-refractivity contribution < 1.29 is 26.3 Å². The SMILES string of the molecule is N#Cc1cc(C#N)cc(-c2ccc3c(c2)c2cc(-c4cc(C#N)cc(C#N)c4)ccc2n3-c2c(-c3cccc(C(F)(F)F)c3)cc(-c3nc(-c4ccccc4)nc(-c4ccccc4)n3)cc2-c2cccc(C(F)(F)F)c2)c1. The van der Waals surface area contributed by atoms with Gasteiger partial charge in [0.05, 0.1) is 74.4 Å². The molecule has 8 nitrogen and oxygen atoms in total. The highest BCUT2D eigenvalue weighted by Crippen LogP contribution is 2.47. The van der Waals surface area contributed by atoms with Gasteiger partial charge < -0.3 is 4.57 Å². The predicted octanol–water partition coefficient (Wildman–Crippen LogP) is 16.2. The largest absolute Gasteiger partial charge is 0.416 e. The summed E-state index contributed by atoms with van der Waals surface area (Å²) >= 11 is 0. The van der Waals surface area contributed by atoms with Gasteiger partial charge >= 0.3 is 12.4 Å². The van der Waals surface area contributed by atoms with Crippen molar-refractivity contribution in [3.05, 3.63) is 228 Å². The van der Waals surface area contributed by atoms with Crippen LogP contribution in [0.1, 0.15) is 33.4 Å². The van der Waals surface area contributed by atoms with Gasteiger partial charge in [0.1, 0.15) is 0 Å². The average molecular weight is 1010 g/mol. The van der Waals surface area contributed by atoms with Gasteiger partial charge in [-0.25, -0.2) is 15.0 Å². The van der Waals surface area contributed by atoms with Gasteiger partial charge in [0, 0.05) is 38.6 Å². The summed E-state index contributed by atoms with van der Waals surface area (Å²) < 4.78 is 91.0. The van der Waals surface area contributed by atoms with E-state index < -0.39 is 23.5 Å². The topological polar surface area (TPSA) is 139 Å². The number of nitrogens with zero attached hydrogens (tertiary/aromatic N) is 8. The second-order valence-electron chi connectivity index (χ2n) is 18.0. The highest BCUT2D eigenvalue weighted by atomic mass is 19.4. The Morgan fingerprint density at radius 2 is 0.688 bits per heavy atom. The lowest BCUT2D eigenvalue weighted by Gasteiger charge is -2.22. The highest BCUT2D eigenvalue weighted by Gasteiger charge is 2.33. The van der Waals surface area contributed by atoms with Crippen molar-refractivity contribution in [1.82, 2.24) is 19.5 Å². The van der Waals surface area contributed by atoms with Crippen LogP contribution in [0.15, 0.2) is 194 Å². The number of hydrogen-bond acceptors (Lipinski definition) is 7. The van der Waals surface area contributed by atoms with Gasteiger partial charge in [-0.15, -0.1) is 0 Å². The molecule has 0 unspecified atom stereocenters. The minimum Gasteiger partial charge on any atom is -0.308 e. The fraction of sp³-hybridized carbons (Fsp3) is 0.0317. The van der Waals surface area contributed by atoms with Gasteiger partial charge in [-0.1, -0.05) is 97.1 Å². The third-order valence-electron chi connectivity index (χ3n) is 13.1. The van der Waals surface area contributed by atoms with Gasteiger partial charge in [0.15, 0.2) is 17.5 Å². The van der Waals surface area contributed by atoms with Gasteiger partial charge in [0.2, 0.25) is 0 Å². The number of benzene rings is 9. The Morgan fingerprint density at radius 3 is 1.05 bits per heavy atom. The maximum Gasteiger partial charge on any atom is 0.416 e. The van der Waals surface area contributed by atoms with Crippen LogP contribution in [0, 0.1) is 45.3 Å². The second-order valence-corrected chi connectivity index (χ2v) is 18.0. The minimum atomic E-state index is -4.80. The van der Waals surface area contributed by atoms with E-state index in [9.17, 15) is 47.4 Å². The maximum atomic E-state index is 14.9. The first kappa shape index (κ1) is 48.6. The summed E-state index contributed by atoms with van der Waals surface area (Å²) in [5.74, 6) is 0.603. The number of hydrogen-bond donors (Lipinski definition) is 0. The van der Waals surface area contributed by atoms with E-state index in [-0.39, 0.29) is 73.2 Å². The molecule has 0 amide bonds. The number of alkyl halides is 6. The van der Waals surface area contributed by atoms with Gasteiger partial charge in [-0.05, 0) is 130 Å². The van der Waals surface area contributed by atoms with E-state index in [2.05, 4.69) is 24.3 Å². The number of nitriles is 4. The molecule has 11 aromatic rings. The van der Waals surface area contributed by atoms with Gasteiger partial charge in [-0.3, -0.25) is 0 Å². The van der Waals surface area contributed by atoms with Crippen molar-refractivity contribution in [2.75, 3.05) is 0 Å². The summed E-state index contributed by atoms with van der Waals surface area (Å²) in [6.45, 7) is 0. The monoisotopic (exact) mass is 1010 g/mol. The first-order chi connectivity index (χ1) is 37.2. The summed E-state index contributed by atoms with van der Waals surface area (Å²) in [5, 5.41) is 40.9. The van der Waals surface area contributed by atoms with E-state index in [0.717, 1.165) is 24.3 Å². The van der Waals surface area contributed by atoms with Crippen LogP contribution in [0.2, 0.25) is 0 Å². The Kier molecular flexibility index (Phi) is 12.2. The van der Waals surface area contributed by atoms with Crippen LogP contribution in [0.3, 0.4) is 0 Å². The van der Waals surface area contributed by atoms with Crippen molar-refractivity contribution in [2.45, 2.75) is 12.4 Å². The van der Waals surface area contributed by atoms with E-state index in [1.165, 1.54) is 36.4 Å². The molecule has 11 rings (SSSR count). The van der Waals surface area contributed by atoms with E-state index in [1.807, 2.05) is 72.8 Å². The van der Waals surface area contributed by atoms with Crippen molar-refractivity contribution in [2.24, 2.45) is 0 Å². The summed E-state index contributed by atoms with van der Waals surface area (Å²) in [5.41, 5.74) is 4.26. The zero-order chi connectivity index (χ0) is 53.6. The molecule has 0 N–H and O–H groups in total. The van der Waals surface area contributed by atoms with Crippen molar-refractivity contribution in [1.29, 1.82) is 21.0 Å². The molecular formula is C63H32F6N8. The second kappa shape index (κ2) is 19.3. The number of aromatic nitrogens is 4. The molecule has 0 spiro atoms. The van der Waals surface area contributed by atoms with E-state index in [0.29, 0.717) is 55.2 Å². The quantitative estimate of drug-likeness (QED) is 0.138. The van der Waals surface area contributed by atoms with E-state index >= 15 is 0 Å².